The maximum Gasteiger partial charge on any atom is 0.217 e. The molecule has 1 aliphatic carbocycles. The Morgan fingerprint density at radius 2 is 2.25 bits per heavy atom. The summed E-state index contributed by atoms with van der Waals surface area (Å²) in [5.41, 5.74) is 3.84. The molecule has 1 aliphatic rings. The van der Waals surface area contributed by atoms with Crippen molar-refractivity contribution < 1.29 is 4.79 Å². The largest absolute Gasteiger partial charge is 0.347 e. The van der Waals surface area contributed by atoms with Crippen LogP contribution in [0, 0.1) is 0 Å². The molecule has 1 amide bonds. The maximum absolute atomic E-state index is 11.2. The molecule has 5 heteroatoms. The summed E-state index contributed by atoms with van der Waals surface area (Å²) in [4.78, 5) is 15.5. The van der Waals surface area contributed by atoms with Crippen LogP contribution in [-0.4, -0.2) is 20.7 Å². The van der Waals surface area contributed by atoms with Crippen LogP contribution in [-0.2, 0) is 17.6 Å². The van der Waals surface area contributed by atoms with Gasteiger partial charge in [0.15, 0.2) is 5.82 Å². The molecule has 1 atom stereocenters. The van der Waals surface area contributed by atoms with Crippen molar-refractivity contribution in [2.45, 2.75) is 39.2 Å². The zero-order valence-corrected chi connectivity index (χ0v) is 11.8. The van der Waals surface area contributed by atoms with Crippen LogP contribution in [0.25, 0.3) is 5.69 Å². The van der Waals surface area contributed by atoms with Gasteiger partial charge in [0.2, 0.25) is 5.91 Å². The van der Waals surface area contributed by atoms with E-state index in [4.69, 9.17) is 0 Å². The second-order valence-corrected chi connectivity index (χ2v) is 5.22. The van der Waals surface area contributed by atoms with Crippen LogP contribution in [0.1, 0.15) is 43.3 Å². The summed E-state index contributed by atoms with van der Waals surface area (Å²) in [5.74, 6) is 0.700. The monoisotopic (exact) mass is 270 g/mol. The van der Waals surface area contributed by atoms with Crippen molar-refractivity contribution in [1.82, 2.24) is 20.1 Å². The number of amides is 1. The lowest BCUT2D eigenvalue weighted by Crippen LogP contribution is -2.26. The Morgan fingerprint density at radius 1 is 1.40 bits per heavy atom. The van der Waals surface area contributed by atoms with Gasteiger partial charge in [-0.1, -0.05) is 12.1 Å². The lowest BCUT2D eigenvalue weighted by Gasteiger charge is -2.15. The first-order valence-electron chi connectivity index (χ1n) is 6.95. The molecule has 0 saturated carbocycles. The highest BCUT2D eigenvalue weighted by Crippen LogP contribution is 2.28. The summed E-state index contributed by atoms with van der Waals surface area (Å²) < 4.78 is 1.85. The molecule has 0 spiro atoms. The van der Waals surface area contributed by atoms with Crippen LogP contribution < -0.4 is 5.32 Å². The number of benzene rings is 1. The van der Waals surface area contributed by atoms with Crippen molar-refractivity contribution in [3.05, 3.63) is 41.5 Å². The van der Waals surface area contributed by atoms with Crippen molar-refractivity contribution in [3.8, 4) is 5.69 Å². The number of nitrogens with zero attached hydrogens (tertiary/aromatic N) is 3. The first kappa shape index (κ1) is 12.8. The molecule has 0 saturated heterocycles. The first-order valence-corrected chi connectivity index (χ1v) is 6.95. The molecule has 2 aromatic rings. The van der Waals surface area contributed by atoms with Gasteiger partial charge in [0.25, 0.3) is 0 Å². The average molecular weight is 270 g/mol. The van der Waals surface area contributed by atoms with Crippen molar-refractivity contribution in [3.63, 3.8) is 0 Å². The van der Waals surface area contributed by atoms with Gasteiger partial charge in [-0.3, -0.25) is 4.79 Å². The van der Waals surface area contributed by atoms with E-state index in [0.29, 0.717) is 0 Å². The molecule has 0 fully saturated rings. The summed E-state index contributed by atoms with van der Waals surface area (Å²) in [6.07, 6.45) is 4.95. The third-order valence-corrected chi connectivity index (χ3v) is 3.73. The van der Waals surface area contributed by atoms with Crippen LogP contribution in [0.4, 0.5) is 0 Å². The maximum atomic E-state index is 11.2. The highest BCUT2D eigenvalue weighted by atomic mass is 16.1. The quantitative estimate of drug-likeness (QED) is 0.927. The van der Waals surface area contributed by atoms with Gasteiger partial charge >= 0.3 is 0 Å². The molecule has 1 aromatic carbocycles. The van der Waals surface area contributed by atoms with Gasteiger partial charge in [0.05, 0.1) is 11.7 Å². The smallest absolute Gasteiger partial charge is 0.217 e. The number of fused-ring (bicyclic) bond motifs is 1. The highest BCUT2D eigenvalue weighted by Gasteiger charge is 2.20. The Balaban J connectivity index is 2.02. The minimum Gasteiger partial charge on any atom is -0.347 e. The third kappa shape index (κ3) is 2.19. The number of rotatable bonds is 3. The molecule has 1 aromatic heterocycles. The van der Waals surface area contributed by atoms with Gasteiger partial charge in [-0.25, -0.2) is 9.67 Å². The SMILES string of the molecule is CC(=O)N[C@@H](C)c1ncnn1-c1cccc2c1CCC2. The third-order valence-electron chi connectivity index (χ3n) is 3.73. The van der Waals surface area contributed by atoms with Gasteiger partial charge in [-0.05, 0) is 43.4 Å². The second-order valence-electron chi connectivity index (χ2n) is 5.22. The summed E-state index contributed by atoms with van der Waals surface area (Å²) in [6, 6.07) is 6.16. The van der Waals surface area contributed by atoms with E-state index in [9.17, 15) is 4.79 Å². The van der Waals surface area contributed by atoms with E-state index in [1.165, 1.54) is 24.5 Å². The minimum absolute atomic E-state index is 0.0645. The molecule has 0 bridgehead atoms. The number of aromatic nitrogens is 3. The molecule has 0 radical (unpaired) electrons. The summed E-state index contributed by atoms with van der Waals surface area (Å²) in [5, 5.41) is 7.21. The Hall–Kier alpha value is -2.17. The normalized spacial score (nSPS) is 14.9. The number of carbonyl (C=O) groups excluding carboxylic acids is 1. The molecule has 1 heterocycles. The van der Waals surface area contributed by atoms with E-state index < -0.39 is 0 Å². The molecular weight excluding hydrogens is 252 g/mol. The number of nitrogens with one attached hydrogen (secondary N) is 1. The van der Waals surface area contributed by atoms with Crippen LogP contribution in [0.2, 0.25) is 0 Å². The number of hydrogen-bond acceptors (Lipinski definition) is 3. The first-order chi connectivity index (χ1) is 9.66. The van der Waals surface area contributed by atoms with E-state index in [1.807, 2.05) is 11.6 Å². The fraction of sp³-hybridized carbons (Fsp3) is 0.400. The highest BCUT2D eigenvalue weighted by molar-refractivity contribution is 5.73. The van der Waals surface area contributed by atoms with Gasteiger partial charge < -0.3 is 5.32 Å². The molecule has 0 unspecified atom stereocenters. The summed E-state index contributed by atoms with van der Waals surface area (Å²) >= 11 is 0. The van der Waals surface area contributed by atoms with E-state index in [2.05, 4.69) is 33.6 Å². The lowest BCUT2D eigenvalue weighted by atomic mass is 10.1. The van der Waals surface area contributed by atoms with Gasteiger partial charge in [-0.15, -0.1) is 0 Å². The number of aryl methyl sites for hydroxylation is 1. The molecule has 20 heavy (non-hydrogen) atoms. The van der Waals surface area contributed by atoms with Crippen molar-refractivity contribution in [1.29, 1.82) is 0 Å². The van der Waals surface area contributed by atoms with Crippen molar-refractivity contribution >= 4 is 5.91 Å². The lowest BCUT2D eigenvalue weighted by molar-refractivity contribution is -0.119. The Kier molecular flexibility index (Phi) is 3.26. The zero-order valence-electron chi connectivity index (χ0n) is 11.8. The fourth-order valence-corrected chi connectivity index (χ4v) is 2.90. The fourth-order valence-electron chi connectivity index (χ4n) is 2.90. The number of carbonyl (C=O) groups is 1. The van der Waals surface area contributed by atoms with Crippen LogP contribution in [0.3, 0.4) is 0 Å². The summed E-state index contributed by atoms with van der Waals surface area (Å²) in [6.45, 7) is 3.43. The zero-order chi connectivity index (χ0) is 14.1. The van der Waals surface area contributed by atoms with E-state index >= 15 is 0 Å². The van der Waals surface area contributed by atoms with E-state index in [0.717, 1.165) is 24.4 Å². The standard InChI is InChI=1S/C15H18N4O/c1-10(18-11(2)20)15-16-9-17-19(15)14-8-4-6-12-5-3-7-13(12)14/h4,6,8-10H,3,5,7H2,1-2H3,(H,18,20)/t10-/m0/s1. The van der Waals surface area contributed by atoms with Crippen molar-refractivity contribution in [2.75, 3.05) is 0 Å². The summed E-state index contributed by atoms with van der Waals surface area (Å²) in [7, 11) is 0. The van der Waals surface area contributed by atoms with Crippen LogP contribution in [0.15, 0.2) is 24.5 Å². The van der Waals surface area contributed by atoms with Gasteiger partial charge in [0.1, 0.15) is 6.33 Å². The molecule has 0 aliphatic heterocycles. The minimum atomic E-state index is -0.160. The van der Waals surface area contributed by atoms with Crippen molar-refractivity contribution in [2.24, 2.45) is 0 Å². The second kappa shape index (κ2) is 5.07. The van der Waals surface area contributed by atoms with E-state index in [1.54, 1.807) is 6.33 Å². The average Bonchev–Trinajstić information content (AvgIpc) is 3.06. The Bertz CT molecular complexity index is 647. The molecule has 104 valence electrons. The van der Waals surface area contributed by atoms with Gasteiger partial charge in [0, 0.05) is 6.92 Å². The van der Waals surface area contributed by atoms with Crippen LogP contribution in [0.5, 0.6) is 0 Å². The number of hydrogen-bond donors (Lipinski definition) is 1. The van der Waals surface area contributed by atoms with Crippen LogP contribution >= 0.6 is 0 Å². The molecule has 5 nitrogen and oxygen atoms in total. The predicted molar refractivity (Wildman–Crippen MR) is 75.6 cm³/mol. The molecule has 3 rings (SSSR count). The predicted octanol–water partition coefficient (Wildman–Crippen LogP) is 1.95. The van der Waals surface area contributed by atoms with E-state index in [-0.39, 0.29) is 11.9 Å². The Morgan fingerprint density at radius 3 is 3.05 bits per heavy atom. The molecular formula is C15H18N4O. The van der Waals surface area contributed by atoms with Gasteiger partial charge in [-0.2, -0.15) is 5.10 Å². The Labute approximate surface area is 118 Å². The molecule has 1 N–H and O–H groups in total. The topological polar surface area (TPSA) is 59.8 Å².